The topological polar surface area (TPSA) is 80.1 Å². The van der Waals surface area contributed by atoms with Crippen LogP contribution in [-0.2, 0) is 23.3 Å². The molecular formula is C11H21N5O2S. The third-order valence-electron chi connectivity index (χ3n) is 3.41. The van der Waals surface area contributed by atoms with Crippen LogP contribution >= 0.6 is 0 Å². The Balaban J connectivity index is 1.97. The standard InChI is InChI=1S/C11H21N5O2S/c1-3-15-9-12-14-11(15)7-13-19(17,18)16-6-4-5-10(2)8-16/h9-10,13H,3-8H2,1-2H3. The molecule has 1 aliphatic rings. The Hall–Kier alpha value is -0.990. The van der Waals surface area contributed by atoms with Crippen molar-refractivity contribution in [2.45, 2.75) is 39.8 Å². The second-order valence-corrected chi connectivity index (χ2v) is 6.72. The molecule has 0 bridgehead atoms. The van der Waals surface area contributed by atoms with Gasteiger partial charge in [0.05, 0.1) is 6.54 Å². The number of aryl methyl sites for hydroxylation is 1. The molecule has 1 unspecified atom stereocenters. The van der Waals surface area contributed by atoms with E-state index in [1.807, 2.05) is 11.5 Å². The molecule has 19 heavy (non-hydrogen) atoms. The molecule has 0 aromatic carbocycles. The first kappa shape index (κ1) is 14.4. The monoisotopic (exact) mass is 287 g/mol. The summed E-state index contributed by atoms with van der Waals surface area (Å²) >= 11 is 0. The average molecular weight is 287 g/mol. The second kappa shape index (κ2) is 5.98. The zero-order valence-corrected chi connectivity index (χ0v) is 12.2. The molecule has 0 spiro atoms. The van der Waals surface area contributed by atoms with Crippen LogP contribution in [0.2, 0.25) is 0 Å². The van der Waals surface area contributed by atoms with Crippen molar-refractivity contribution < 1.29 is 8.42 Å². The van der Waals surface area contributed by atoms with Crippen molar-refractivity contribution in [2.75, 3.05) is 13.1 Å². The van der Waals surface area contributed by atoms with Crippen LogP contribution in [0.25, 0.3) is 0 Å². The third kappa shape index (κ3) is 3.52. The predicted octanol–water partition coefficient (Wildman–Crippen LogP) is 0.364. The highest BCUT2D eigenvalue weighted by molar-refractivity contribution is 7.87. The molecule has 2 heterocycles. The normalized spacial score (nSPS) is 21.7. The summed E-state index contributed by atoms with van der Waals surface area (Å²) in [7, 11) is -3.42. The molecule has 0 amide bonds. The molecule has 0 radical (unpaired) electrons. The van der Waals surface area contributed by atoms with Gasteiger partial charge in [0, 0.05) is 19.6 Å². The van der Waals surface area contributed by atoms with Gasteiger partial charge in [-0.15, -0.1) is 10.2 Å². The zero-order valence-electron chi connectivity index (χ0n) is 11.4. The van der Waals surface area contributed by atoms with Gasteiger partial charge in [-0.25, -0.2) is 0 Å². The Morgan fingerprint density at radius 3 is 3.00 bits per heavy atom. The highest BCUT2D eigenvalue weighted by Gasteiger charge is 2.26. The summed E-state index contributed by atoms with van der Waals surface area (Å²) in [5.41, 5.74) is 0. The summed E-state index contributed by atoms with van der Waals surface area (Å²) in [6.07, 6.45) is 3.62. The Kier molecular flexibility index (Phi) is 4.54. The molecule has 1 N–H and O–H groups in total. The van der Waals surface area contributed by atoms with Crippen molar-refractivity contribution in [1.29, 1.82) is 0 Å². The van der Waals surface area contributed by atoms with E-state index in [0.29, 0.717) is 24.8 Å². The lowest BCUT2D eigenvalue weighted by Gasteiger charge is -2.29. The maximum Gasteiger partial charge on any atom is 0.279 e. The van der Waals surface area contributed by atoms with Crippen molar-refractivity contribution in [3.8, 4) is 0 Å². The van der Waals surface area contributed by atoms with E-state index in [-0.39, 0.29) is 6.54 Å². The first-order valence-corrected chi connectivity index (χ1v) is 8.08. The number of hydrogen-bond donors (Lipinski definition) is 1. The van der Waals surface area contributed by atoms with Gasteiger partial charge in [0.2, 0.25) is 0 Å². The molecule has 108 valence electrons. The van der Waals surface area contributed by atoms with Gasteiger partial charge in [0.25, 0.3) is 10.2 Å². The fourth-order valence-corrected chi connectivity index (χ4v) is 3.61. The van der Waals surface area contributed by atoms with Crippen LogP contribution in [0.15, 0.2) is 6.33 Å². The largest absolute Gasteiger partial charge is 0.317 e. The van der Waals surface area contributed by atoms with Crippen LogP contribution in [-0.4, -0.2) is 40.6 Å². The number of nitrogens with one attached hydrogen (secondary N) is 1. The van der Waals surface area contributed by atoms with Crippen molar-refractivity contribution in [1.82, 2.24) is 23.8 Å². The van der Waals surface area contributed by atoms with Crippen molar-refractivity contribution in [3.05, 3.63) is 12.2 Å². The molecule has 2 rings (SSSR count). The minimum absolute atomic E-state index is 0.182. The molecule has 1 aromatic rings. The molecule has 1 atom stereocenters. The fraction of sp³-hybridized carbons (Fsp3) is 0.818. The van der Waals surface area contributed by atoms with E-state index in [1.54, 1.807) is 6.33 Å². The van der Waals surface area contributed by atoms with E-state index >= 15 is 0 Å². The maximum absolute atomic E-state index is 12.2. The summed E-state index contributed by atoms with van der Waals surface area (Å²) in [5.74, 6) is 1.06. The minimum Gasteiger partial charge on any atom is -0.317 e. The van der Waals surface area contributed by atoms with Gasteiger partial charge in [-0.1, -0.05) is 6.92 Å². The lowest BCUT2D eigenvalue weighted by Crippen LogP contribution is -2.45. The molecule has 0 aliphatic carbocycles. The van der Waals surface area contributed by atoms with E-state index in [1.165, 1.54) is 4.31 Å². The Morgan fingerprint density at radius 2 is 2.32 bits per heavy atom. The Bertz CT molecular complexity index is 513. The highest BCUT2D eigenvalue weighted by Crippen LogP contribution is 2.17. The summed E-state index contributed by atoms with van der Waals surface area (Å²) in [5, 5.41) is 7.70. The van der Waals surface area contributed by atoms with Gasteiger partial charge in [-0.05, 0) is 25.7 Å². The first-order chi connectivity index (χ1) is 9.03. The fourth-order valence-electron chi connectivity index (χ4n) is 2.29. The Morgan fingerprint density at radius 1 is 1.53 bits per heavy atom. The van der Waals surface area contributed by atoms with Crippen molar-refractivity contribution >= 4 is 10.2 Å². The van der Waals surface area contributed by atoms with E-state index in [0.717, 1.165) is 19.4 Å². The quantitative estimate of drug-likeness (QED) is 0.848. The van der Waals surface area contributed by atoms with Crippen LogP contribution < -0.4 is 4.72 Å². The van der Waals surface area contributed by atoms with Gasteiger partial charge in [-0.2, -0.15) is 17.4 Å². The van der Waals surface area contributed by atoms with Gasteiger partial charge in [-0.3, -0.25) is 0 Å². The summed E-state index contributed by atoms with van der Waals surface area (Å²) in [6, 6.07) is 0. The third-order valence-corrected chi connectivity index (χ3v) is 4.93. The van der Waals surface area contributed by atoms with E-state index < -0.39 is 10.2 Å². The number of aromatic nitrogens is 3. The van der Waals surface area contributed by atoms with E-state index in [4.69, 9.17) is 0 Å². The maximum atomic E-state index is 12.2. The smallest absolute Gasteiger partial charge is 0.279 e. The summed E-state index contributed by atoms with van der Waals surface area (Å²) in [6.45, 7) is 6.14. The lowest BCUT2D eigenvalue weighted by atomic mass is 10.0. The average Bonchev–Trinajstić information content (AvgIpc) is 2.84. The van der Waals surface area contributed by atoms with Crippen LogP contribution in [0, 0.1) is 5.92 Å². The summed E-state index contributed by atoms with van der Waals surface area (Å²) in [4.78, 5) is 0. The number of hydrogen-bond acceptors (Lipinski definition) is 4. The molecule has 1 aliphatic heterocycles. The zero-order chi connectivity index (χ0) is 13.9. The predicted molar refractivity (Wildman–Crippen MR) is 71.4 cm³/mol. The highest BCUT2D eigenvalue weighted by atomic mass is 32.2. The second-order valence-electron chi connectivity index (χ2n) is 4.96. The summed E-state index contributed by atoms with van der Waals surface area (Å²) < 4.78 is 30.3. The molecule has 1 fully saturated rings. The number of rotatable bonds is 5. The molecule has 0 saturated carbocycles. The van der Waals surface area contributed by atoms with Crippen LogP contribution in [0.1, 0.15) is 32.5 Å². The van der Waals surface area contributed by atoms with Gasteiger partial charge >= 0.3 is 0 Å². The van der Waals surface area contributed by atoms with Crippen molar-refractivity contribution in [2.24, 2.45) is 5.92 Å². The Labute approximate surface area is 114 Å². The van der Waals surface area contributed by atoms with Crippen molar-refractivity contribution in [3.63, 3.8) is 0 Å². The molecule has 1 aromatic heterocycles. The molecular weight excluding hydrogens is 266 g/mol. The lowest BCUT2D eigenvalue weighted by molar-refractivity contribution is 0.278. The number of piperidine rings is 1. The minimum atomic E-state index is -3.42. The number of nitrogens with zero attached hydrogens (tertiary/aromatic N) is 4. The molecule has 7 nitrogen and oxygen atoms in total. The SMILES string of the molecule is CCn1cnnc1CNS(=O)(=O)N1CCCC(C)C1. The van der Waals surface area contributed by atoms with Crippen LogP contribution in [0.5, 0.6) is 0 Å². The van der Waals surface area contributed by atoms with E-state index in [2.05, 4.69) is 21.8 Å². The van der Waals surface area contributed by atoms with Crippen LogP contribution in [0.4, 0.5) is 0 Å². The van der Waals surface area contributed by atoms with Gasteiger partial charge in [0.15, 0.2) is 0 Å². The molecule has 1 saturated heterocycles. The van der Waals surface area contributed by atoms with Crippen LogP contribution in [0.3, 0.4) is 0 Å². The first-order valence-electron chi connectivity index (χ1n) is 6.64. The van der Waals surface area contributed by atoms with Gasteiger partial charge in [0.1, 0.15) is 12.2 Å². The molecule has 8 heteroatoms. The van der Waals surface area contributed by atoms with E-state index in [9.17, 15) is 8.42 Å². The van der Waals surface area contributed by atoms with Gasteiger partial charge < -0.3 is 4.57 Å².